The van der Waals surface area contributed by atoms with E-state index in [1.807, 2.05) is 24.3 Å². The van der Waals surface area contributed by atoms with Crippen molar-refractivity contribution >= 4 is 16.7 Å². The van der Waals surface area contributed by atoms with E-state index in [-0.39, 0.29) is 12.2 Å². The molecule has 0 spiro atoms. The fourth-order valence-electron chi connectivity index (χ4n) is 3.42. The number of pyridine rings is 1. The second-order valence-corrected chi connectivity index (χ2v) is 7.09. The van der Waals surface area contributed by atoms with Crippen LogP contribution < -0.4 is 4.74 Å². The van der Waals surface area contributed by atoms with Gasteiger partial charge in [-0.25, -0.2) is 4.98 Å². The topological polar surface area (TPSA) is 39.2 Å². The standard InChI is InChI=1S/C25H18F3NO2/c1-31-20-12-8-17(9-13-20)24(30)15-18-14-23(29-22-5-3-2-4-21(18)22)16-6-10-19(11-7-16)25(26,27)28/h2-14H,15H2,1H3. The molecule has 1 heterocycles. The molecule has 31 heavy (non-hydrogen) atoms. The maximum Gasteiger partial charge on any atom is 0.416 e. The number of aromatic nitrogens is 1. The van der Waals surface area contributed by atoms with Gasteiger partial charge in [0.15, 0.2) is 5.78 Å². The van der Waals surface area contributed by atoms with E-state index in [4.69, 9.17) is 4.74 Å². The minimum atomic E-state index is -4.40. The summed E-state index contributed by atoms with van der Waals surface area (Å²) in [6.45, 7) is 0. The van der Waals surface area contributed by atoms with Crippen LogP contribution in [0.25, 0.3) is 22.2 Å². The molecule has 0 saturated carbocycles. The van der Waals surface area contributed by atoms with Gasteiger partial charge in [-0.15, -0.1) is 0 Å². The Hall–Kier alpha value is -3.67. The lowest BCUT2D eigenvalue weighted by Crippen LogP contribution is -2.05. The number of carbonyl (C=O) groups is 1. The predicted molar refractivity (Wildman–Crippen MR) is 113 cm³/mol. The summed E-state index contributed by atoms with van der Waals surface area (Å²) in [4.78, 5) is 17.5. The molecule has 3 nitrogen and oxygen atoms in total. The number of hydrogen-bond donors (Lipinski definition) is 0. The summed E-state index contributed by atoms with van der Waals surface area (Å²) >= 11 is 0. The number of benzene rings is 3. The van der Waals surface area contributed by atoms with E-state index in [1.165, 1.54) is 12.1 Å². The molecule has 0 atom stereocenters. The number of ketones is 1. The Morgan fingerprint density at radius 3 is 2.26 bits per heavy atom. The molecule has 0 aliphatic heterocycles. The molecule has 6 heteroatoms. The highest BCUT2D eigenvalue weighted by Gasteiger charge is 2.30. The third kappa shape index (κ3) is 4.43. The maximum atomic E-state index is 12.9. The normalized spacial score (nSPS) is 11.5. The summed E-state index contributed by atoms with van der Waals surface area (Å²) in [7, 11) is 1.56. The number of rotatable bonds is 5. The van der Waals surface area contributed by atoms with Crippen LogP contribution in [-0.2, 0) is 12.6 Å². The van der Waals surface area contributed by atoms with Crippen molar-refractivity contribution in [1.29, 1.82) is 0 Å². The van der Waals surface area contributed by atoms with Crippen molar-refractivity contribution in [2.75, 3.05) is 7.11 Å². The largest absolute Gasteiger partial charge is 0.497 e. The van der Waals surface area contributed by atoms with Crippen LogP contribution in [0.4, 0.5) is 13.2 Å². The first-order valence-electron chi connectivity index (χ1n) is 9.59. The highest BCUT2D eigenvalue weighted by Crippen LogP contribution is 2.32. The zero-order valence-electron chi connectivity index (χ0n) is 16.6. The van der Waals surface area contributed by atoms with Crippen molar-refractivity contribution < 1.29 is 22.7 Å². The zero-order chi connectivity index (χ0) is 22.0. The van der Waals surface area contributed by atoms with Crippen molar-refractivity contribution in [2.24, 2.45) is 0 Å². The van der Waals surface area contributed by atoms with Gasteiger partial charge in [0, 0.05) is 22.9 Å². The number of nitrogens with zero attached hydrogens (tertiary/aromatic N) is 1. The minimum Gasteiger partial charge on any atom is -0.497 e. The molecule has 1 aromatic heterocycles. The van der Waals surface area contributed by atoms with Crippen LogP contribution in [0.1, 0.15) is 21.5 Å². The number of methoxy groups -OCH3 is 1. The van der Waals surface area contributed by atoms with E-state index in [9.17, 15) is 18.0 Å². The number of fused-ring (bicyclic) bond motifs is 1. The van der Waals surface area contributed by atoms with Gasteiger partial charge in [0.25, 0.3) is 0 Å². The predicted octanol–water partition coefficient (Wildman–Crippen LogP) is 6.35. The Morgan fingerprint density at radius 2 is 1.61 bits per heavy atom. The van der Waals surface area contributed by atoms with Gasteiger partial charge in [0.2, 0.25) is 0 Å². The monoisotopic (exact) mass is 421 g/mol. The molecule has 0 N–H and O–H groups in total. The summed E-state index contributed by atoms with van der Waals surface area (Å²) in [6.07, 6.45) is -4.26. The van der Waals surface area contributed by atoms with Crippen molar-refractivity contribution in [2.45, 2.75) is 12.6 Å². The van der Waals surface area contributed by atoms with E-state index >= 15 is 0 Å². The van der Waals surface area contributed by atoms with Crippen molar-refractivity contribution in [3.05, 3.63) is 95.6 Å². The summed E-state index contributed by atoms with van der Waals surface area (Å²) < 4.78 is 43.8. The van der Waals surface area contributed by atoms with Gasteiger partial charge < -0.3 is 4.74 Å². The van der Waals surface area contributed by atoms with Gasteiger partial charge in [0.05, 0.1) is 23.9 Å². The van der Waals surface area contributed by atoms with E-state index < -0.39 is 11.7 Å². The zero-order valence-corrected chi connectivity index (χ0v) is 16.6. The molecular weight excluding hydrogens is 403 g/mol. The first-order valence-corrected chi connectivity index (χ1v) is 9.59. The van der Waals surface area contributed by atoms with Crippen LogP contribution in [0.5, 0.6) is 5.75 Å². The van der Waals surface area contributed by atoms with E-state index in [0.29, 0.717) is 28.1 Å². The molecule has 0 aliphatic rings. The number of para-hydroxylation sites is 1. The molecule has 4 rings (SSSR count). The van der Waals surface area contributed by atoms with Crippen molar-refractivity contribution in [3.63, 3.8) is 0 Å². The number of hydrogen-bond acceptors (Lipinski definition) is 3. The van der Waals surface area contributed by atoms with Crippen LogP contribution >= 0.6 is 0 Å². The fourth-order valence-corrected chi connectivity index (χ4v) is 3.42. The summed E-state index contributed by atoms with van der Waals surface area (Å²) in [5.74, 6) is 0.591. The maximum absolute atomic E-state index is 12.9. The van der Waals surface area contributed by atoms with Crippen LogP contribution in [-0.4, -0.2) is 17.9 Å². The van der Waals surface area contributed by atoms with Crippen LogP contribution in [0.3, 0.4) is 0 Å². The number of alkyl halides is 3. The van der Waals surface area contributed by atoms with Crippen molar-refractivity contribution in [1.82, 2.24) is 4.98 Å². The lowest BCUT2D eigenvalue weighted by molar-refractivity contribution is -0.137. The Labute approximate surface area is 177 Å². The molecule has 0 bridgehead atoms. The summed E-state index contributed by atoms with van der Waals surface area (Å²) in [5, 5.41) is 0.833. The van der Waals surface area contributed by atoms with Crippen LogP contribution in [0, 0.1) is 0 Å². The van der Waals surface area contributed by atoms with Gasteiger partial charge in [-0.05, 0) is 54.1 Å². The van der Waals surface area contributed by atoms with Crippen LogP contribution in [0.15, 0.2) is 78.9 Å². The number of halogens is 3. The molecule has 0 radical (unpaired) electrons. The Morgan fingerprint density at radius 1 is 0.935 bits per heavy atom. The third-order valence-corrected chi connectivity index (χ3v) is 5.07. The quantitative estimate of drug-likeness (QED) is 0.352. The van der Waals surface area contributed by atoms with E-state index in [0.717, 1.165) is 23.1 Å². The molecule has 0 unspecified atom stereocenters. The molecule has 156 valence electrons. The SMILES string of the molecule is COc1ccc(C(=O)Cc2cc(-c3ccc(C(F)(F)F)cc3)nc3ccccc23)cc1. The molecule has 0 aliphatic carbocycles. The molecule has 0 fully saturated rings. The molecule has 0 amide bonds. The number of carbonyl (C=O) groups excluding carboxylic acids is 1. The average Bonchev–Trinajstić information content (AvgIpc) is 2.78. The van der Waals surface area contributed by atoms with Gasteiger partial charge in [0.1, 0.15) is 5.75 Å². The second kappa shape index (κ2) is 8.22. The van der Waals surface area contributed by atoms with Gasteiger partial charge in [-0.1, -0.05) is 30.3 Å². The lowest BCUT2D eigenvalue weighted by Gasteiger charge is -2.11. The first-order chi connectivity index (χ1) is 14.8. The molecule has 3 aromatic carbocycles. The Bertz CT molecular complexity index is 1230. The van der Waals surface area contributed by atoms with Crippen molar-refractivity contribution in [3.8, 4) is 17.0 Å². The molecule has 0 saturated heterocycles. The minimum absolute atomic E-state index is 0.0719. The van der Waals surface area contributed by atoms with Gasteiger partial charge >= 0.3 is 6.18 Å². The van der Waals surface area contributed by atoms with E-state index in [1.54, 1.807) is 37.4 Å². The fraction of sp³-hybridized carbons (Fsp3) is 0.120. The Kier molecular flexibility index (Phi) is 5.46. The molecular formula is C25H18F3NO2. The smallest absolute Gasteiger partial charge is 0.416 e. The highest BCUT2D eigenvalue weighted by molar-refractivity contribution is 6.00. The van der Waals surface area contributed by atoms with E-state index in [2.05, 4.69) is 4.98 Å². The van der Waals surface area contributed by atoms with Crippen LogP contribution in [0.2, 0.25) is 0 Å². The number of Topliss-reactive ketones (excluding diaryl/α,β-unsaturated/α-hetero) is 1. The lowest BCUT2D eigenvalue weighted by atomic mass is 9.97. The Balaban J connectivity index is 1.72. The molecule has 4 aromatic rings. The average molecular weight is 421 g/mol. The van der Waals surface area contributed by atoms with Gasteiger partial charge in [-0.3, -0.25) is 4.79 Å². The second-order valence-electron chi connectivity index (χ2n) is 7.09. The number of ether oxygens (including phenoxy) is 1. The summed E-state index contributed by atoms with van der Waals surface area (Å²) in [6, 6.07) is 20.9. The summed E-state index contributed by atoms with van der Waals surface area (Å²) in [5.41, 5.74) is 2.35. The third-order valence-electron chi connectivity index (χ3n) is 5.07. The highest BCUT2D eigenvalue weighted by atomic mass is 19.4. The first kappa shape index (κ1) is 20.6. The van der Waals surface area contributed by atoms with Gasteiger partial charge in [-0.2, -0.15) is 13.2 Å².